The van der Waals surface area contributed by atoms with E-state index >= 15 is 0 Å². The largest absolute Gasteiger partial charge is 0.193 e. The van der Waals surface area contributed by atoms with Crippen molar-refractivity contribution in [2.24, 2.45) is 5.41 Å². The molecule has 0 aliphatic heterocycles. The Kier molecular flexibility index (Phi) is 1.88. The quantitative estimate of drug-likeness (QED) is 0.618. The summed E-state index contributed by atoms with van der Waals surface area (Å²) in [5.74, 6) is 0. The normalized spacial score (nSPS) is 27.6. The molecule has 0 heterocycles. The molecule has 0 atom stereocenters. The molecule has 4 rings (SSSR count). The molecular formula is C17H17N. The lowest BCUT2D eigenvalue weighted by Gasteiger charge is -2.53. The maximum atomic E-state index is 9.02. The zero-order valence-electron chi connectivity index (χ0n) is 10.6. The first-order chi connectivity index (χ1) is 8.81. The van der Waals surface area contributed by atoms with Gasteiger partial charge in [-0.2, -0.15) is 5.26 Å². The lowest BCUT2D eigenvalue weighted by molar-refractivity contribution is 0.0777. The summed E-state index contributed by atoms with van der Waals surface area (Å²) in [4.78, 5) is 0. The van der Waals surface area contributed by atoms with Gasteiger partial charge in [-0.25, -0.2) is 0 Å². The summed E-state index contributed by atoms with van der Waals surface area (Å²) in [6.07, 6.45) is 9.76. The molecule has 3 aliphatic rings. The fraction of sp³-hybridized carbons (Fsp3) is 0.471. The molecule has 0 N–H and O–H groups in total. The smallest absolute Gasteiger partial charge is 0.0915 e. The van der Waals surface area contributed by atoms with Crippen LogP contribution in [-0.4, -0.2) is 0 Å². The Labute approximate surface area is 108 Å². The highest BCUT2D eigenvalue weighted by molar-refractivity contribution is 5.75. The number of allylic oxidation sites excluding steroid dienone is 2. The second-order valence-corrected chi connectivity index (χ2v) is 6.24. The molecule has 0 bridgehead atoms. The topological polar surface area (TPSA) is 23.8 Å². The number of rotatable bonds is 0. The number of fused-ring (bicyclic) bond motifs is 3. The SMILES string of the molecule is N#CC=C1CC2(CCC2)C2(CC2)c2ccccc21. The molecule has 2 saturated carbocycles. The van der Waals surface area contributed by atoms with Gasteiger partial charge in [-0.05, 0) is 54.2 Å². The number of hydrogen-bond donors (Lipinski definition) is 0. The Balaban J connectivity index is 1.94. The lowest BCUT2D eigenvalue weighted by atomic mass is 9.51. The highest BCUT2D eigenvalue weighted by atomic mass is 14.7. The molecule has 1 aromatic carbocycles. The fourth-order valence-electron chi connectivity index (χ4n) is 4.49. The van der Waals surface area contributed by atoms with Crippen molar-refractivity contribution in [3.05, 3.63) is 41.5 Å². The third kappa shape index (κ3) is 1.07. The van der Waals surface area contributed by atoms with Crippen LogP contribution < -0.4 is 0 Å². The minimum Gasteiger partial charge on any atom is -0.193 e. The van der Waals surface area contributed by atoms with E-state index in [9.17, 15) is 0 Å². The van der Waals surface area contributed by atoms with Gasteiger partial charge in [0.15, 0.2) is 0 Å². The predicted molar refractivity (Wildman–Crippen MR) is 71.8 cm³/mol. The second kappa shape index (κ2) is 3.26. The van der Waals surface area contributed by atoms with Crippen molar-refractivity contribution < 1.29 is 0 Å². The maximum Gasteiger partial charge on any atom is 0.0915 e. The van der Waals surface area contributed by atoms with Crippen LogP contribution in [0.25, 0.3) is 5.57 Å². The Bertz CT molecular complexity index is 580. The van der Waals surface area contributed by atoms with E-state index in [1.54, 1.807) is 6.08 Å². The average molecular weight is 235 g/mol. The molecule has 3 aliphatic carbocycles. The first-order valence-electron chi connectivity index (χ1n) is 7.00. The van der Waals surface area contributed by atoms with Crippen molar-refractivity contribution in [1.29, 1.82) is 5.26 Å². The van der Waals surface area contributed by atoms with Gasteiger partial charge in [0.1, 0.15) is 0 Å². The summed E-state index contributed by atoms with van der Waals surface area (Å²) in [6, 6.07) is 11.1. The third-order valence-corrected chi connectivity index (χ3v) is 5.63. The molecule has 2 fully saturated rings. The standard InChI is InChI=1S/C17H17N/c18-11-6-13-12-16(7-3-8-16)17(9-10-17)15-5-2-1-4-14(13)15/h1-2,4-6H,3,7-10,12H2. The molecule has 18 heavy (non-hydrogen) atoms. The van der Waals surface area contributed by atoms with Crippen LogP contribution in [0.3, 0.4) is 0 Å². The molecule has 0 aromatic heterocycles. The van der Waals surface area contributed by atoms with Crippen LogP contribution in [0.1, 0.15) is 49.7 Å². The Morgan fingerprint density at radius 2 is 1.89 bits per heavy atom. The zero-order chi connectivity index (χ0) is 12.2. The summed E-state index contributed by atoms with van der Waals surface area (Å²) in [5, 5.41) is 9.02. The monoisotopic (exact) mass is 235 g/mol. The molecule has 90 valence electrons. The molecule has 1 nitrogen and oxygen atoms in total. The first kappa shape index (κ1) is 10.4. The highest BCUT2D eigenvalue weighted by Gasteiger charge is 2.64. The van der Waals surface area contributed by atoms with Crippen LogP contribution in [0.5, 0.6) is 0 Å². The average Bonchev–Trinajstić information content (AvgIpc) is 3.13. The van der Waals surface area contributed by atoms with Gasteiger partial charge in [-0.1, -0.05) is 30.7 Å². The number of nitriles is 1. The summed E-state index contributed by atoms with van der Waals surface area (Å²) in [7, 11) is 0. The van der Waals surface area contributed by atoms with E-state index in [1.165, 1.54) is 48.8 Å². The molecule has 0 radical (unpaired) electrons. The summed E-state index contributed by atoms with van der Waals surface area (Å²) < 4.78 is 0. The van der Waals surface area contributed by atoms with Crippen LogP contribution in [0.2, 0.25) is 0 Å². The van der Waals surface area contributed by atoms with Crippen molar-refractivity contribution in [3.8, 4) is 6.07 Å². The van der Waals surface area contributed by atoms with Gasteiger partial charge in [-0.15, -0.1) is 0 Å². The van der Waals surface area contributed by atoms with Crippen molar-refractivity contribution >= 4 is 5.57 Å². The van der Waals surface area contributed by atoms with E-state index < -0.39 is 0 Å². The van der Waals surface area contributed by atoms with E-state index in [-0.39, 0.29) is 0 Å². The Morgan fingerprint density at radius 3 is 2.50 bits per heavy atom. The van der Waals surface area contributed by atoms with Crippen LogP contribution in [0.15, 0.2) is 30.3 Å². The minimum atomic E-state index is 0.481. The van der Waals surface area contributed by atoms with Gasteiger partial charge in [0.05, 0.1) is 6.07 Å². The Morgan fingerprint density at radius 1 is 1.11 bits per heavy atom. The van der Waals surface area contributed by atoms with Crippen molar-refractivity contribution in [2.75, 3.05) is 0 Å². The van der Waals surface area contributed by atoms with E-state index in [0.29, 0.717) is 10.8 Å². The number of nitrogens with zero attached hydrogens (tertiary/aromatic N) is 1. The first-order valence-corrected chi connectivity index (χ1v) is 7.00. The van der Waals surface area contributed by atoms with E-state index in [4.69, 9.17) is 5.26 Å². The molecule has 1 heteroatoms. The fourth-order valence-corrected chi connectivity index (χ4v) is 4.49. The van der Waals surface area contributed by atoms with E-state index in [1.807, 2.05) is 0 Å². The number of hydrogen-bond acceptors (Lipinski definition) is 1. The van der Waals surface area contributed by atoms with E-state index in [0.717, 1.165) is 6.42 Å². The van der Waals surface area contributed by atoms with Crippen LogP contribution in [0, 0.1) is 16.7 Å². The Hall–Kier alpha value is -1.55. The van der Waals surface area contributed by atoms with E-state index in [2.05, 4.69) is 30.3 Å². The molecular weight excluding hydrogens is 218 g/mol. The molecule has 0 saturated heterocycles. The van der Waals surface area contributed by atoms with Crippen molar-refractivity contribution in [1.82, 2.24) is 0 Å². The number of benzene rings is 1. The van der Waals surface area contributed by atoms with Gasteiger partial charge < -0.3 is 0 Å². The van der Waals surface area contributed by atoms with Gasteiger partial charge in [0.25, 0.3) is 0 Å². The van der Waals surface area contributed by atoms with Gasteiger partial charge in [-0.3, -0.25) is 0 Å². The highest BCUT2D eigenvalue weighted by Crippen LogP contribution is 2.72. The molecule has 2 spiro atoms. The zero-order valence-corrected chi connectivity index (χ0v) is 10.6. The van der Waals surface area contributed by atoms with Crippen LogP contribution in [-0.2, 0) is 5.41 Å². The van der Waals surface area contributed by atoms with Gasteiger partial charge in [0.2, 0.25) is 0 Å². The molecule has 0 amide bonds. The third-order valence-electron chi connectivity index (χ3n) is 5.63. The molecule has 0 unspecified atom stereocenters. The van der Waals surface area contributed by atoms with Crippen molar-refractivity contribution in [2.45, 2.75) is 43.9 Å². The summed E-state index contributed by atoms with van der Waals surface area (Å²) >= 11 is 0. The van der Waals surface area contributed by atoms with Crippen LogP contribution in [0.4, 0.5) is 0 Å². The predicted octanol–water partition coefficient (Wildman–Crippen LogP) is 4.20. The van der Waals surface area contributed by atoms with Gasteiger partial charge >= 0.3 is 0 Å². The maximum absolute atomic E-state index is 9.02. The lowest BCUT2D eigenvalue weighted by Crippen LogP contribution is -2.44. The summed E-state index contributed by atoms with van der Waals surface area (Å²) in [6.45, 7) is 0. The second-order valence-electron chi connectivity index (χ2n) is 6.24. The van der Waals surface area contributed by atoms with Gasteiger partial charge in [0, 0.05) is 11.5 Å². The minimum absolute atomic E-state index is 0.481. The summed E-state index contributed by atoms with van der Waals surface area (Å²) in [5.41, 5.74) is 5.16. The van der Waals surface area contributed by atoms with Crippen molar-refractivity contribution in [3.63, 3.8) is 0 Å². The molecule has 1 aromatic rings. The van der Waals surface area contributed by atoms with Crippen LogP contribution >= 0.6 is 0 Å².